The third-order valence-corrected chi connectivity index (χ3v) is 6.86. The van der Waals surface area contributed by atoms with E-state index in [1.807, 2.05) is 24.4 Å². The molecule has 3 atom stereocenters. The normalized spacial score (nSPS) is 25.8. The number of aromatic nitrogens is 1. The van der Waals surface area contributed by atoms with Gasteiger partial charge in [-0.3, -0.25) is 0 Å². The summed E-state index contributed by atoms with van der Waals surface area (Å²) in [5, 5.41) is 4.75. The zero-order valence-corrected chi connectivity index (χ0v) is 17.5. The second-order valence-corrected chi connectivity index (χ2v) is 8.71. The molecule has 1 aromatic carbocycles. The molecule has 0 amide bonds. The molecule has 0 bridgehead atoms. The predicted octanol–water partition coefficient (Wildman–Crippen LogP) is 5.31. The van der Waals surface area contributed by atoms with Gasteiger partial charge in [-0.2, -0.15) is 0 Å². The molecule has 5 rings (SSSR count). The summed E-state index contributed by atoms with van der Waals surface area (Å²) in [5.74, 6) is 1.51. The van der Waals surface area contributed by atoms with E-state index in [4.69, 9.17) is 5.10 Å². The van der Waals surface area contributed by atoms with Gasteiger partial charge >= 0.3 is 0 Å². The highest BCUT2D eigenvalue weighted by Gasteiger charge is 2.46. The van der Waals surface area contributed by atoms with Crippen LogP contribution in [0.2, 0.25) is 0 Å². The first-order valence-electron chi connectivity index (χ1n) is 11.0. The van der Waals surface area contributed by atoms with Crippen LogP contribution in [0.15, 0.2) is 71.5 Å². The Hall–Kier alpha value is -2.68. The fourth-order valence-corrected chi connectivity index (χ4v) is 5.61. The molecule has 0 radical (unpaired) electrons. The summed E-state index contributed by atoms with van der Waals surface area (Å²) in [7, 11) is 0. The van der Waals surface area contributed by atoms with E-state index in [9.17, 15) is 0 Å². The van der Waals surface area contributed by atoms with Crippen LogP contribution in [0.4, 0.5) is 5.69 Å². The van der Waals surface area contributed by atoms with Gasteiger partial charge in [0.1, 0.15) is 6.21 Å². The van der Waals surface area contributed by atoms with Crippen molar-refractivity contribution in [3.8, 4) is 0 Å². The van der Waals surface area contributed by atoms with Gasteiger partial charge in [0, 0.05) is 43.6 Å². The first-order valence-corrected chi connectivity index (χ1v) is 11.0. The van der Waals surface area contributed by atoms with Crippen LogP contribution in [0.3, 0.4) is 0 Å². The minimum atomic E-state index is 0.655. The minimum absolute atomic E-state index is 0.655. The number of nitrogens with zero attached hydrogens (tertiary/aromatic N) is 3. The summed E-state index contributed by atoms with van der Waals surface area (Å²) < 4.78 is 2.05. The maximum atomic E-state index is 4.75. The molecule has 3 heteroatoms. The highest BCUT2D eigenvalue weighted by Crippen LogP contribution is 2.50. The molecule has 2 aliphatic carbocycles. The Morgan fingerprint density at radius 1 is 1.03 bits per heavy atom. The van der Waals surface area contributed by atoms with Crippen LogP contribution in [-0.4, -0.2) is 12.3 Å². The van der Waals surface area contributed by atoms with Crippen molar-refractivity contribution in [2.75, 3.05) is 4.90 Å². The molecule has 0 N–H and O–H groups in total. The Morgan fingerprint density at radius 2 is 1.79 bits per heavy atom. The molecule has 1 aromatic heterocycles. The molecule has 1 aliphatic heterocycles. The van der Waals surface area contributed by atoms with E-state index in [0.717, 1.165) is 11.5 Å². The largest absolute Gasteiger partial charge is 0.341 e. The van der Waals surface area contributed by atoms with Gasteiger partial charge in [0.2, 0.25) is 11.4 Å². The summed E-state index contributed by atoms with van der Waals surface area (Å²) in [6.07, 6.45) is 15.6. The third kappa shape index (κ3) is 3.33. The second kappa shape index (κ2) is 7.62. The fourth-order valence-electron chi connectivity index (χ4n) is 5.61. The van der Waals surface area contributed by atoms with E-state index in [2.05, 4.69) is 65.9 Å². The zero-order valence-electron chi connectivity index (χ0n) is 17.5. The Labute approximate surface area is 174 Å². The monoisotopic (exact) mass is 384 g/mol. The highest BCUT2D eigenvalue weighted by molar-refractivity contribution is 5.78. The van der Waals surface area contributed by atoms with Gasteiger partial charge in [-0.1, -0.05) is 60.0 Å². The van der Waals surface area contributed by atoms with Gasteiger partial charge in [0.05, 0.1) is 5.69 Å². The van der Waals surface area contributed by atoms with Crippen LogP contribution >= 0.6 is 0 Å². The third-order valence-electron chi connectivity index (χ3n) is 6.86. The number of hydrogen-bond acceptors (Lipinski definition) is 2. The van der Waals surface area contributed by atoms with Gasteiger partial charge in [-0.05, 0) is 41.9 Å². The van der Waals surface area contributed by atoms with Gasteiger partial charge in [0.15, 0.2) is 0 Å². The number of hydrogen-bond donors (Lipinski definition) is 0. The Balaban J connectivity index is 1.50. The summed E-state index contributed by atoms with van der Waals surface area (Å²) in [6, 6.07) is 15.6. The van der Waals surface area contributed by atoms with E-state index in [0.29, 0.717) is 12.0 Å². The molecule has 1 saturated heterocycles. The molecular weight excluding hydrogens is 354 g/mol. The van der Waals surface area contributed by atoms with Gasteiger partial charge in [-0.25, -0.2) is 0 Å². The molecule has 0 spiro atoms. The van der Waals surface area contributed by atoms with Crippen molar-refractivity contribution in [2.45, 2.75) is 52.0 Å². The van der Waals surface area contributed by atoms with Gasteiger partial charge in [0.25, 0.3) is 0 Å². The molecule has 3 unspecified atom stereocenters. The maximum Gasteiger partial charge on any atom is 0.213 e. The van der Waals surface area contributed by atoms with Crippen LogP contribution < -0.4 is 9.58 Å². The second-order valence-electron chi connectivity index (χ2n) is 8.71. The van der Waals surface area contributed by atoms with Crippen LogP contribution in [0.1, 0.15) is 49.1 Å². The minimum Gasteiger partial charge on any atom is -0.341 e. The predicted molar refractivity (Wildman–Crippen MR) is 119 cm³/mol. The summed E-state index contributed by atoms with van der Waals surface area (Å²) >= 11 is 0. The first kappa shape index (κ1) is 18.4. The summed E-state index contributed by atoms with van der Waals surface area (Å²) in [4.78, 5) is 2.67. The van der Waals surface area contributed by atoms with Crippen LogP contribution in [0.5, 0.6) is 0 Å². The average Bonchev–Trinajstić information content (AvgIpc) is 3.08. The Kier molecular flexibility index (Phi) is 4.83. The smallest absolute Gasteiger partial charge is 0.213 e. The first-order chi connectivity index (χ1) is 14.2. The van der Waals surface area contributed by atoms with Gasteiger partial charge in [-0.15, -0.1) is 0 Å². The number of allylic oxidation sites excluding steroid dienone is 4. The highest BCUT2D eigenvalue weighted by atomic mass is 15.3. The number of anilines is 1. The lowest BCUT2D eigenvalue weighted by molar-refractivity contribution is -0.690. The molecule has 3 nitrogen and oxygen atoms in total. The number of rotatable bonds is 3. The van der Waals surface area contributed by atoms with E-state index in [1.54, 1.807) is 0 Å². The molecule has 1 saturated carbocycles. The molecular formula is C26H30N3+. The number of aryl methyl sites for hydroxylation is 2. The molecule has 29 heavy (non-hydrogen) atoms. The van der Waals surface area contributed by atoms with Crippen molar-refractivity contribution in [3.63, 3.8) is 0 Å². The van der Waals surface area contributed by atoms with E-state index in [1.165, 1.54) is 54.9 Å². The molecule has 3 aliphatic rings. The Bertz CT molecular complexity index is 963. The molecule has 2 fully saturated rings. The van der Waals surface area contributed by atoms with Crippen molar-refractivity contribution < 1.29 is 4.68 Å². The molecule has 2 heterocycles. The number of fused-ring (bicyclic) bond motifs is 3. The lowest BCUT2D eigenvalue weighted by atomic mass is 9.77. The van der Waals surface area contributed by atoms with Crippen molar-refractivity contribution in [2.24, 2.45) is 16.9 Å². The standard InChI is InChI=1S/C26H30N3/c1-19-16-22(17-20(2)29(19)27-18-21-10-4-3-5-11-21)28-25-14-8-6-12-23(25)24-13-7-9-15-26(24)28/h3-6,8,10-11,14,16-18,23-24,26H,7,9,12-13,15H2,1-2H3/q+1. The van der Waals surface area contributed by atoms with E-state index < -0.39 is 0 Å². The van der Waals surface area contributed by atoms with Crippen molar-refractivity contribution in [1.82, 2.24) is 0 Å². The van der Waals surface area contributed by atoms with E-state index in [-0.39, 0.29) is 0 Å². The Morgan fingerprint density at radius 3 is 2.59 bits per heavy atom. The number of benzene rings is 1. The van der Waals surface area contributed by atoms with Crippen LogP contribution in [0, 0.1) is 25.7 Å². The zero-order chi connectivity index (χ0) is 19.8. The van der Waals surface area contributed by atoms with Crippen LogP contribution in [0.25, 0.3) is 0 Å². The summed E-state index contributed by atoms with van der Waals surface area (Å²) in [6.45, 7) is 4.33. The lowest BCUT2D eigenvalue weighted by Crippen LogP contribution is -2.38. The van der Waals surface area contributed by atoms with Crippen molar-refractivity contribution in [3.05, 3.63) is 83.3 Å². The summed E-state index contributed by atoms with van der Waals surface area (Å²) in [5.41, 5.74) is 6.35. The SMILES string of the molecule is Cc1cc(N2C3=CC=CCC3C3CCCCC32)cc(C)[n+]1N=Cc1ccccc1. The number of pyridine rings is 1. The molecule has 148 valence electrons. The topological polar surface area (TPSA) is 19.5 Å². The maximum absolute atomic E-state index is 4.75. The lowest BCUT2D eigenvalue weighted by Gasteiger charge is -2.33. The van der Waals surface area contributed by atoms with Crippen molar-refractivity contribution in [1.29, 1.82) is 0 Å². The van der Waals surface area contributed by atoms with Crippen LogP contribution in [-0.2, 0) is 0 Å². The quantitative estimate of drug-likeness (QED) is 0.518. The fraction of sp³-hybridized carbons (Fsp3) is 0.385. The van der Waals surface area contributed by atoms with Gasteiger partial charge < -0.3 is 4.90 Å². The van der Waals surface area contributed by atoms with Crippen molar-refractivity contribution >= 4 is 11.9 Å². The van der Waals surface area contributed by atoms with E-state index >= 15 is 0 Å². The molecule has 2 aromatic rings. The average molecular weight is 385 g/mol.